The maximum atomic E-state index is 12.6. The molecule has 5 heteroatoms. The van der Waals surface area contributed by atoms with Gasteiger partial charge in [0.25, 0.3) is 0 Å². The van der Waals surface area contributed by atoms with Gasteiger partial charge in [-0.05, 0) is 19.0 Å². The number of ether oxygens (including phenoxy) is 1. The maximum Gasteiger partial charge on any atom is 0.411 e. The molecule has 0 N–H and O–H groups in total. The quantitative estimate of drug-likeness (QED) is 0.745. The Balaban J connectivity index is 0.000000770. The van der Waals surface area contributed by atoms with Gasteiger partial charge >= 0.3 is 6.18 Å². The fraction of sp³-hybridized carbons (Fsp3) is 0.833. The molecular weight excluding hydrogens is 231 g/mol. The van der Waals surface area contributed by atoms with Gasteiger partial charge in [0, 0.05) is 13.7 Å². The molecule has 0 spiro atoms. The van der Waals surface area contributed by atoms with Crippen LogP contribution in [0.15, 0.2) is 12.8 Å². The lowest BCUT2D eigenvalue weighted by molar-refractivity contribution is -0.212. The van der Waals surface area contributed by atoms with Crippen molar-refractivity contribution < 1.29 is 17.9 Å². The van der Waals surface area contributed by atoms with Gasteiger partial charge in [-0.1, -0.05) is 26.8 Å². The molecule has 1 heterocycles. The summed E-state index contributed by atoms with van der Waals surface area (Å²) < 4.78 is 42.8. The Morgan fingerprint density at radius 2 is 1.94 bits per heavy atom. The van der Waals surface area contributed by atoms with Crippen molar-refractivity contribution in [3.63, 3.8) is 0 Å². The van der Waals surface area contributed by atoms with Gasteiger partial charge in [0.05, 0.1) is 6.10 Å². The number of rotatable bonds is 2. The minimum atomic E-state index is -4.25. The largest absolute Gasteiger partial charge is 0.411 e. The van der Waals surface area contributed by atoms with Crippen LogP contribution in [0.5, 0.6) is 0 Å². The highest BCUT2D eigenvalue weighted by molar-refractivity contribution is 4.94. The molecule has 0 amide bonds. The van der Waals surface area contributed by atoms with Crippen molar-refractivity contribution >= 4 is 0 Å². The first-order valence-corrected chi connectivity index (χ1v) is 5.90. The number of alkyl halides is 3. The Morgan fingerprint density at radius 1 is 1.41 bits per heavy atom. The fourth-order valence-electron chi connectivity index (χ4n) is 1.84. The number of hydrogen-bond acceptors (Lipinski definition) is 2. The van der Waals surface area contributed by atoms with Crippen molar-refractivity contribution in [3.05, 3.63) is 12.8 Å². The number of piperidine rings is 1. The minimum absolute atomic E-state index is 0.396. The molecule has 17 heavy (non-hydrogen) atoms. The van der Waals surface area contributed by atoms with E-state index in [2.05, 4.69) is 20.4 Å². The molecular formula is C12H22F3NO. The molecule has 1 saturated heterocycles. The third-order valence-corrected chi connectivity index (χ3v) is 2.49. The van der Waals surface area contributed by atoms with Gasteiger partial charge in [0.15, 0.2) is 6.04 Å². The molecule has 0 aromatic heterocycles. The van der Waals surface area contributed by atoms with E-state index in [1.165, 1.54) is 24.6 Å². The van der Waals surface area contributed by atoms with E-state index in [4.69, 9.17) is 4.74 Å². The van der Waals surface area contributed by atoms with Crippen LogP contribution in [-0.2, 0) is 4.74 Å². The zero-order chi connectivity index (χ0) is 13.5. The highest BCUT2D eigenvalue weighted by Crippen LogP contribution is 2.33. The number of likely N-dealkylation sites (tertiary alicyclic amines) is 1. The van der Waals surface area contributed by atoms with E-state index in [9.17, 15) is 13.2 Å². The zero-order valence-electron chi connectivity index (χ0n) is 10.8. The first kappa shape index (κ1) is 16.3. The summed E-state index contributed by atoms with van der Waals surface area (Å²) >= 11 is 0. The Labute approximate surface area is 101 Å². The van der Waals surface area contributed by atoms with E-state index >= 15 is 0 Å². The number of halogens is 3. The predicted molar refractivity (Wildman–Crippen MR) is 62.7 cm³/mol. The highest BCUT2D eigenvalue weighted by Gasteiger charge is 2.49. The minimum Gasteiger partial charge on any atom is -0.379 e. The van der Waals surface area contributed by atoms with Crippen molar-refractivity contribution in [2.24, 2.45) is 0 Å². The lowest BCUT2D eigenvalue weighted by Crippen LogP contribution is -2.54. The van der Waals surface area contributed by atoms with E-state index in [0.717, 1.165) is 0 Å². The lowest BCUT2D eigenvalue weighted by atomic mass is 9.98. The molecule has 1 aliphatic rings. The third-order valence-electron chi connectivity index (χ3n) is 2.49. The molecule has 2 atom stereocenters. The fourth-order valence-corrected chi connectivity index (χ4v) is 1.84. The molecule has 0 aliphatic carbocycles. The van der Waals surface area contributed by atoms with Crippen LogP contribution in [0.25, 0.3) is 0 Å². The van der Waals surface area contributed by atoms with Crippen molar-refractivity contribution in [2.45, 2.75) is 51.4 Å². The van der Waals surface area contributed by atoms with Gasteiger partial charge < -0.3 is 9.64 Å². The monoisotopic (exact) mass is 253 g/mol. The normalized spacial score (nSPS) is 24.9. The summed E-state index contributed by atoms with van der Waals surface area (Å²) in [7, 11) is 1.32. The van der Waals surface area contributed by atoms with E-state index in [1.54, 1.807) is 0 Å². The van der Waals surface area contributed by atoms with Gasteiger partial charge in [-0.3, -0.25) is 0 Å². The van der Waals surface area contributed by atoms with E-state index in [-0.39, 0.29) is 0 Å². The summed E-state index contributed by atoms with van der Waals surface area (Å²) in [4.78, 5) is 1.21. The van der Waals surface area contributed by atoms with E-state index in [1.807, 2.05) is 0 Å². The molecule has 0 radical (unpaired) electrons. The molecule has 102 valence electrons. The third kappa shape index (κ3) is 4.98. The standard InChI is InChI=1S/C9H14F3NO.C3H8/c1-3-13-6-4-5-7(14-2)8(13)9(10,11)12;1-3-2/h3,7-8H,1,4-6H2,2H3;3H2,1-2H3. The van der Waals surface area contributed by atoms with Gasteiger partial charge in [-0.25, -0.2) is 0 Å². The van der Waals surface area contributed by atoms with Crippen LogP contribution < -0.4 is 0 Å². The number of hydrogen-bond donors (Lipinski definition) is 0. The Hall–Kier alpha value is -0.710. The summed E-state index contributed by atoms with van der Waals surface area (Å²) in [6.07, 6.45) is -1.39. The Morgan fingerprint density at radius 3 is 2.29 bits per heavy atom. The first-order valence-electron chi connectivity index (χ1n) is 5.90. The maximum absolute atomic E-state index is 12.6. The van der Waals surface area contributed by atoms with Crippen molar-refractivity contribution in [2.75, 3.05) is 13.7 Å². The molecule has 0 aromatic carbocycles. The number of methoxy groups -OCH3 is 1. The van der Waals surface area contributed by atoms with Gasteiger partial charge in [0.2, 0.25) is 0 Å². The molecule has 2 nitrogen and oxygen atoms in total. The van der Waals surface area contributed by atoms with Crippen LogP contribution in [0, 0.1) is 0 Å². The molecule has 1 fully saturated rings. The van der Waals surface area contributed by atoms with Crippen LogP contribution in [-0.4, -0.2) is 36.9 Å². The smallest absolute Gasteiger partial charge is 0.379 e. The van der Waals surface area contributed by atoms with Crippen LogP contribution in [0.1, 0.15) is 33.1 Å². The Kier molecular flexibility index (Phi) is 7.27. The predicted octanol–water partition coefficient (Wildman–Crippen LogP) is 3.59. The molecule has 0 aromatic rings. The van der Waals surface area contributed by atoms with Crippen LogP contribution in [0.3, 0.4) is 0 Å². The van der Waals surface area contributed by atoms with Crippen LogP contribution in [0.4, 0.5) is 13.2 Å². The molecule has 2 unspecified atom stereocenters. The zero-order valence-corrected chi connectivity index (χ0v) is 10.8. The SMILES string of the molecule is C=CN1CCCC(OC)C1C(F)(F)F.CCC. The summed E-state index contributed by atoms with van der Waals surface area (Å²) in [5.74, 6) is 0. The second-order valence-electron chi connectivity index (χ2n) is 4.03. The van der Waals surface area contributed by atoms with Crippen molar-refractivity contribution in [3.8, 4) is 0 Å². The van der Waals surface area contributed by atoms with Gasteiger partial charge in [0.1, 0.15) is 0 Å². The first-order chi connectivity index (χ1) is 7.92. The molecule has 0 bridgehead atoms. The lowest BCUT2D eigenvalue weighted by Gasteiger charge is -2.40. The molecule has 0 saturated carbocycles. The average Bonchev–Trinajstić information content (AvgIpc) is 2.27. The van der Waals surface area contributed by atoms with Crippen LogP contribution in [0.2, 0.25) is 0 Å². The van der Waals surface area contributed by atoms with E-state index in [0.29, 0.717) is 19.4 Å². The van der Waals surface area contributed by atoms with E-state index < -0.39 is 18.3 Å². The highest BCUT2D eigenvalue weighted by atomic mass is 19.4. The summed E-state index contributed by atoms with van der Waals surface area (Å²) in [6, 6.07) is -1.54. The van der Waals surface area contributed by atoms with Gasteiger partial charge in [-0.2, -0.15) is 13.2 Å². The molecule has 1 aliphatic heterocycles. The summed E-state index contributed by atoms with van der Waals surface area (Å²) in [5.41, 5.74) is 0. The van der Waals surface area contributed by atoms with Crippen LogP contribution >= 0.6 is 0 Å². The number of nitrogens with zero attached hydrogens (tertiary/aromatic N) is 1. The molecule has 1 rings (SSSR count). The van der Waals surface area contributed by atoms with Crippen molar-refractivity contribution in [1.29, 1.82) is 0 Å². The Bertz CT molecular complexity index is 218. The topological polar surface area (TPSA) is 12.5 Å². The second kappa shape index (κ2) is 7.58. The summed E-state index contributed by atoms with van der Waals surface area (Å²) in [6.45, 7) is 8.03. The average molecular weight is 253 g/mol. The summed E-state index contributed by atoms with van der Waals surface area (Å²) in [5, 5.41) is 0. The second-order valence-corrected chi connectivity index (χ2v) is 4.03. The van der Waals surface area contributed by atoms with Crippen molar-refractivity contribution in [1.82, 2.24) is 4.90 Å². The van der Waals surface area contributed by atoms with Gasteiger partial charge in [-0.15, -0.1) is 0 Å².